The van der Waals surface area contributed by atoms with Gasteiger partial charge in [-0.15, -0.1) is 0 Å². The van der Waals surface area contributed by atoms with Crippen LogP contribution in [0.1, 0.15) is 41.5 Å². The predicted octanol–water partition coefficient (Wildman–Crippen LogP) is 7.95. The van der Waals surface area contributed by atoms with Gasteiger partial charge in [0.2, 0.25) is 0 Å². The van der Waals surface area contributed by atoms with Crippen molar-refractivity contribution in [2.45, 2.75) is 53.8 Å². The van der Waals surface area contributed by atoms with Gasteiger partial charge in [0.1, 0.15) is 0 Å². The Morgan fingerprint density at radius 1 is 0.512 bits per heavy atom. The first kappa shape index (κ1) is 31.2. The lowest BCUT2D eigenvalue weighted by molar-refractivity contribution is -0.0198. The molecule has 4 aromatic carbocycles. The molecule has 216 valence electrons. The van der Waals surface area contributed by atoms with Crippen molar-refractivity contribution in [2.75, 3.05) is 0 Å². The van der Waals surface area contributed by atoms with Crippen molar-refractivity contribution in [1.29, 1.82) is 0 Å². The van der Waals surface area contributed by atoms with Crippen LogP contribution in [0.15, 0.2) is 121 Å². The maximum absolute atomic E-state index is 15.0. The van der Waals surface area contributed by atoms with E-state index in [0.717, 1.165) is 0 Å². The van der Waals surface area contributed by atoms with Crippen molar-refractivity contribution < 1.29 is 18.2 Å². The average Bonchev–Trinajstić information content (AvgIpc) is 2.99. The second kappa shape index (κ2) is 13.1. The van der Waals surface area contributed by atoms with Crippen LogP contribution in [0.2, 0.25) is 0 Å². The highest BCUT2D eigenvalue weighted by Gasteiger charge is 2.45. The summed E-state index contributed by atoms with van der Waals surface area (Å²) in [6.45, 7) is 12.5. The van der Waals surface area contributed by atoms with Gasteiger partial charge in [0.05, 0.1) is 12.2 Å². The molecular weight excluding hydrogens is 546 g/mol. The minimum Gasteiger partial charge on any atom is -0.318 e. The molecule has 41 heavy (non-hydrogen) atoms. The van der Waals surface area contributed by atoms with E-state index in [1.165, 1.54) is 0 Å². The van der Waals surface area contributed by atoms with Crippen LogP contribution >= 0.6 is 14.7 Å². The van der Waals surface area contributed by atoms with Crippen LogP contribution in [0.4, 0.5) is 0 Å². The quantitative estimate of drug-likeness (QED) is 0.167. The summed E-state index contributed by atoms with van der Waals surface area (Å²) < 4.78 is 43.6. The summed E-state index contributed by atoms with van der Waals surface area (Å²) in [6.07, 6.45) is -0.938. The van der Waals surface area contributed by atoms with Crippen LogP contribution in [0.5, 0.6) is 0 Å². The van der Waals surface area contributed by atoms with E-state index in [-0.39, 0.29) is 11.8 Å². The van der Waals surface area contributed by atoms with Gasteiger partial charge in [0, 0.05) is 27.1 Å². The smallest absolute Gasteiger partial charge is 0.261 e. The molecule has 4 rings (SSSR count). The monoisotopic (exact) mass is 588 g/mol. The van der Waals surface area contributed by atoms with Gasteiger partial charge < -0.3 is 9.05 Å². The Hall–Kier alpha value is -2.74. The molecule has 3 unspecified atom stereocenters. The predicted molar refractivity (Wildman–Crippen MR) is 173 cm³/mol. The van der Waals surface area contributed by atoms with Gasteiger partial charge in [-0.1, -0.05) is 114 Å². The zero-order valence-corrected chi connectivity index (χ0v) is 26.7. The maximum atomic E-state index is 15.0. The molecule has 0 aromatic heterocycles. The van der Waals surface area contributed by atoms with Gasteiger partial charge in [-0.25, -0.2) is 0 Å². The molecule has 0 aliphatic heterocycles. The fourth-order valence-corrected chi connectivity index (χ4v) is 10.4. The lowest BCUT2D eigenvalue weighted by Crippen LogP contribution is -2.44. The van der Waals surface area contributed by atoms with E-state index in [0.29, 0.717) is 21.2 Å². The summed E-state index contributed by atoms with van der Waals surface area (Å²) in [6, 6.07) is 37.7. The Balaban J connectivity index is 1.79. The molecule has 4 aromatic rings. The van der Waals surface area contributed by atoms with E-state index in [2.05, 4.69) is 41.5 Å². The zero-order valence-electron chi connectivity index (χ0n) is 24.9. The first-order chi connectivity index (χ1) is 19.5. The van der Waals surface area contributed by atoms with Crippen LogP contribution in [0.3, 0.4) is 0 Å². The topological polar surface area (TPSA) is 52.6 Å². The molecule has 6 heteroatoms. The van der Waals surface area contributed by atoms with E-state index >= 15 is 0 Å². The summed E-state index contributed by atoms with van der Waals surface area (Å²) in [5.74, 6) is -0.247. The van der Waals surface area contributed by atoms with Crippen LogP contribution < -0.4 is 21.2 Å². The molecule has 0 bridgehead atoms. The Morgan fingerprint density at radius 2 is 0.805 bits per heavy atom. The van der Waals surface area contributed by atoms with Crippen molar-refractivity contribution >= 4 is 36.0 Å². The highest BCUT2D eigenvalue weighted by molar-refractivity contribution is 7.74. The van der Waals surface area contributed by atoms with Crippen LogP contribution in [-0.2, 0) is 18.2 Å². The molecule has 0 aliphatic carbocycles. The molecular formula is C35H42O4P2. The summed E-state index contributed by atoms with van der Waals surface area (Å²) >= 11 is 0. The van der Waals surface area contributed by atoms with Crippen LogP contribution in [0.25, 0.3) is 0 Å². The average molecular weight is 589 g/mol. The Labute approximate surface area is 246 Å². The largest absolute Gasteiger partial charge is 0.318 e. The van der Waals surface area contributed by atoms with E-state index < -0.39 is 32.4 Å². The van der Waals surface area contributed by atoms with Crippen molar-refractivity contribution in [3.63, 3.8) is 0 Å². The molecule has 0 N–H and O–H groups in total. The lowest BCUT2D eigenvalue weighted by atomic mass is 9.77. The van der Waals surface area contributed by atoms with Crippen molar-refractivity contribution in [3.8, 4) is 0 Å². The summed E-state index contributed by atoms with van der Waals surface area (Å²) in [5.41, 5.74) is -0.404. The second-order valence-corrected chi connectivity index (χ2v) is 16.7. The van der Waals surface area contributed by atoms with Crippen LogP contribution in [-0.4, -0.2) is 12.2 Å². The fourth-order valence-electron chi connectivity index (χ4n) is 5.41. The first-order valence-electron chi connectivity index (χ1n) is 14.3. The third kappa shape index (κ3) is 7.02. The van der Waals surface area contributed by atoms with E-state index in [9.17, 15) is 9.13 Å². The molecule has 3 atom stereocenters. The number of hydrogen-bond donors (Lipinski definition) is 0. The number of rotatable bonds is 11. The van der Waals surface area contributed by atoms with Crippen LogP contribution in [0, 0.1) is 17.3 Å². The maximum Gasteiger partial charge on any atom is 0.261 e. The van der Waals surface area contributed by atoms with Gasteiger partial charge in [0.15, 0.2) is 0 Å². The Bertz CT molecular complexity index is 1380. The Morgan fingerprint density at radius 3 is 1.07 bits per heavy atom. The summed E-state index contributed by atoms with van der Waals surface area (Å²) in [5, 5.41) is 2.59. The third-order valence-corrected chi connectivity index (χ3v) is 12.4. The van der Waals surface area contributed by atoms with Gasteiger partial charge in [-0.3, -0.25) is 9.13 Å². The SMILES string of the molecule is CC(C)C(OP(=O)(c1ccccc1)c1ccccc1)C(C)C(OP(=O)(c1ccccc1)c1ccccc1)C(C)(C)C. The Kier molecular flexibility index (Phi) is 9.93. The fraction of sp³-hybridized carbons (Fsp3) is 0.314. The lowest BCUT2D eigenvalue weighted by Gasteiger charge is -2.42. The highest BCUT2D eigenvalue weighted by atomic mass is 31.2. The summed E-state index contributed by atoms with van der Waals surface area (Å²) in [7, 11) is -6.96. The van der Waals surface area contributed by atoms with Gasteiger partial charge in [0.25, 0.3) is 14.7 Å². The molecule has 0 fully saturated rings. The minimum atomic E-state index is -3.49. The van der Waals surface area contributed by atoms with E-state index in [1.54, 1.807) is 0 Å². The standard InChI is InChI=1S/C35H42O4P2/c1-27(2)33(38-40(36,29-19-11-7-12-20-29)30-21-13-8-14-22-30)28(3)34(35(4,5)6)39-41(37,31-23-15-9-16-24-31)32-25-17-10-18-26-32/h7-28,33-34H,1-6H3. The summed E-state index contributed by atoms with van der Waals surface area (Å²) in [4.78, 5) is 0. The van der Waals surface area contributed by atoms with Crippen molar-refractivity contribution in [1.82, 2.24) is 0 Å². The first-order valence-corrected chi connectivity index (χ1v) is 17.5. The van der Waals surface area contributed by atoms with Gasteiger partial charge >= 0.3 is 0 Å². The molecule has 0 saturated carbocycles. The normalized spacial score (nSPS) is 14.9. The molecule has 0 amide bonds. The third-order valence-electron chi connectivity index (χ3n) is 7.42. The van der Waals surface area contributed by atoms with E-state index in [4.69, 9.17) is 9.05 Å². The number of hydrogen-bond acceptors (Lipinski definition) is 4. The molecule has 0 radical (unpaired) electrons. The second-order valence-electron chi connectivity index (χ2n) is 12.0. The van der Waals surface area contributed by atoms with Gasteiger partial charge in [-0.05, 0) is 59.9 Å². The number of benzene rings is 4. The molecule has 0 spiro atoms. The highest BCUT2D eigenvalue weighted by Crippen LogP contribution is 2.53. The van der Waals surface area contributed by atoms with Crippen molar-refractivity contribution in [3.05, 3.63) is 121 Å². The van der Waals surface area contributed by atoms with Gasteiger partial charge in [-0.2, -0.15) is 0 Å². The minimum absolute atomic E-state index is 0.00651. The molecule has 0 heterocycles. The van der Waals surface area contributed by atoms with Crippen molar-refractivity contribution in [2.24, 2.45) is 17.3 Å². The molecule has 4 nitrogen and oxygen atoms in total. The van der Waals surface area contributed by atoms with E-state index in [1.807, 2.05) is 121 Å². The zero-order chi connectivity index (χ0) is 29.7. The molecule has 0 saturated heterocycles. The molecule has 0 aliphatic rings.